The Bertz CT molecular complexity index is 1640. The van der Waals surface area contributed by atoms with Crippen molar-refractivity contribution in [2.24, 2.45) is 5.92 Å². The minimum Gasteiger partial charge on any atom is -0.373 e. The van der Waals surface area contributed by atoms with E-state index < -0.39 is 15.6 Å². The number of hydrogen-bond acceptors (Lipinski definition) is 8. The van der Waals surface area contributed by atoms with Crippen LogP contribution in [0.4, 0.5) is 5.95 Å². The molecule has 0 unspecified atom stereocenters. The van der Waals surface area contributed by atoms with E-state index in [9.17, 15) is 13.5 Å². The predicted molar refractivity (Wildman–Crippen MR) is 144 cm³/mol. The molecular formula is C27H28N6O4S. The molecule has 0 radical (unpaired) electrons. The second kappa shape index (κ2) is 9.66. The summed E-state index contributed by atoms with van der Waals surface area (Å²) in [7, 11) is -3.66. The van der Waals surface area contributed by atoms with E-state index in [1.54, 1.807) is 61.8 Å². The number of aliphatic hydroxyl groups is 1. The zero-order valence-electron chi connectivity index (χ0n) is 21.4. The van der Waals surface area contributed by atoms with E-state index in [4.69, 9.17) is 4.52 Å². The number of hydrogen-bond donors (Lipinski definition) is 3. The molecule has 3 N–H and O–H groups in total. The van der Waals surface area contributed by atoms with E-state index in [1.165, 1.54) is 0 Å². The van der Waals surface area contributed by atoms with E-state index in [1.807, 2.05) is 26.8 Å². The predicted octanol–water partition coefficient (Wildman–Crippen LogP) is 4.31. The number of H-pyrrole nitrogens is 1. The van der Waals surface area contributed by atoms with Gasteiger partial charge in [0.05, 0.1) is 33.9 Å². The molecule has 0 atom stereocenters. The Labute approximate surface area is 220 Å². The maximum absolute atomic E-state index is 12.7. The molecular weight excluding hydrogens is 504 g/mol. The Kier molecular flexibility index (Phi) is 6.49. The van der Waals surface area contributed by atoms with Gasteiger partial charge in [-0.2, -0.15) is 0 Å². The van der Waals surface area contributed by atoms with Crippen LogP contribution in [0, 0.1) is 19.8 Å². The third-order valence-electron chi connectivity index (χ3n) is 6.17. The molecule has 10 nitrogen and oxygen atoms in total. The van der Waals surface area contributed by atoms with Gasteiger partial charge in [0.25, 0.3) is 0 Å². The maximum atomic E-state index is 12.7. The van der Waals surface area contributed by atoms with Gasteiger partial charge in [0.15, 0.2) is 5.60 Å². The number of nitrogens with zero attached hydrogens (tertiary/aromatic N) is 4. The van der Waals surface area contributed by atoms with Crippen molar-refractivity contribution in [2.45, 2.75) is 33.3 Å². The summed E-state index contributed by atoms with van der Waals surface area (Å²) in [5, 5.41) is 16.6. The van der Waals surface area contributed by atoms with Gasteiger partial charge in [-0.3, -0.25) is 14.7 Å². The van der Waals surface area contributed by atoms with Crippen LogP contribution in [0.25, 0.3) is 22.2 Å². The van der Waals surface area contributed by atoms with E-state index in [2.05, 4.69) is 29.8 Å². The molecule has 0 aliphatic heterocycles. The molecule has 5 aromatic rings. The van der Waals surface area contributed by atoms with Crippen molar-refractivity contribution in [1.82, 2.24) is 25.1 Å². The molecule has 11 heteroatoms. The molecule has 0 aliphatic rings. The second-order valence-electron chi connectivity index (χ2n) is 9.62. The minimum atomic E-state index is -3.66. The summed E-state index contributed by atoms with van der Waals surface area (Å²) in [4.78, 5) is 16.6. The van der Waals surface area contributed by atoms with Gasteiger partial charge in [-0.25, -0.2) is 13.4 Å². The number of nitrogens with one attached hydrogen (secondary N) is 2. The van der Waals surface area contributed by atoms with Gasteiger partial charge in [0, 0.05) is 23.5 Å². The molecule has 0 aliphatic carbocycles. The summed E-state index contributed by atoms with van der Waals surface area (Å²) in [6.07, 6.45) is 3.18. The quantitative estimate of drug-likeness (QED) is 0.268. The smallest absolute Gasteiger partial charge is 0.235 e. The molecule has 5 rings (SSSR count). The van der Waals surface area contributed by atoms with Gasteiger partial charge in [0.1, 0.15) is 5.76 Å². The molecule has 0 bridgehead atoms. The van der Waals surface area contributed by atoms with Crippen molar-refractivity contribution < 1.29 is 18.0 Å². The van der Waals surface area contributed by atoms with Crippen molar-refractivity contribution >= 4 is 27.0 Å². The highest BCUT2D eigenvalue weighted by Crippen LogP contribution is 2.41. The van der Waals surface area contributed by atoms with Crippen LogP contribution in [0.3, 0.4) is 0 Å². The lowest BCUT2D eigenvalue weighted by atomic mass is 9.83. The first-order valence-electron chi connectivity index (χ1n) is 12.1. The van der Waals surface area contributed by atoms with Gasteiger partial charge < -0.3 is 14.6 Å². The zero-order valence-corrected chi connectivity index (χ0v) is 22.2. The van der Waals surface area contributed by atoms with Crippen molar-refractivity contribution in [3.8, 4) is 11.1 Å². The van der Waals surface area contributed by atoms with Crippen LogP contribution in [-0.2, 0) is 15.6 Å². The van der Waals surface area contributed by atoms with Crippen molar-refractivity contribution in [3.63, 3.8) is 0 Å². The topological polar surface area (TPSA) is 147 Å². The summed E-state index contributed by atoms with van der Waals surface area (Å²) < 4.78 is 33.3. The molecule has 196 valence electrons. The number of imidazole rings is 1. The van der Waals surface area contributed by atoms with Crippen LogP contribution < -0.4 is 4.72 Å². The fourth-order valence-electron chi connectivity index (χ4n) is 4.67. The second-order valence-corrected chi connectivity index (χ2v) is 11.4. The first-order chi connectivity index (χ1) is 18.1. The van der Waals surface area contributed by atoms with Crippen LogP contribution in [-0.4, -0.2) is 44.4 Å². The molecule has 0 saturated carbocycles. The number of aromatic amines is 1. The van der Waals surface area contributed by atoms with E-state index in [0.717, 1.165) is 5.56 Å². The number of anilines is 1. The Hall–Kier alpha value is -4.09. The number of aryl methyl sites for hydroxylation is 2. The van der Waals surface area contributed by atoms with E-state index in [0.29, 0.717) is 45.0 Å². The average Bonchev–Trinajstić information content (AvgIpc) is 3.43. The van der Waals surface area contributed by atoms with Crippen LogP contribution in [0.5, 0.6) is 0 Å². The SMILES string of the molecule is Cc1noc(C)c1-c1cc(C(O)(c2ccccn2)c2ccccn2)c2nc(NS(=O)(=O)CC(C)C)[nH]c2c1. The van der Waals surface area contributed by atoms with E-state index >= 15 is 0 Å². The Morgan fingerprint density at radius 1 is 1.05 bits per heavy atom. The first-order valence-corrected chi connectivity index (χ1v) is 13.8. The standard InChI is InChI=1S/C27H28N6O4S/c1-16(2)15-38(35,36)33-26-30-21-14-19(24-17(3)32-37-18(24)4)13-20(25(21)31-26)27(34,22-9-5-7-11-28-22)23-10-6-8-12-29-23/h5-14,16,34H,15H2,1-4H3,(H2,30,31,33). The maximum Gasteiger partial charge on any atom is 0.235 e. The third-order valence-corrected chi connectivity index (χ3v) is 7.78. The number of pyridine rings is 2. The Morgan fingerprint density at radius 3 is 2.24 bits per heavy atom. The lowest BCUT2D eigenvalue weighted by Gasteiger charge is -2.28. The van der Waals surface area contributed by atoms with Gasteiger partial charge in [-0.1, -0.05) is 31.1 Å². The van der Waals surface area contributed by atoms with Crippen LogP contribution >= 0.6 is 0 Å². The van der Waals surface area contributed by atoms with Gasteiger partial charge in [-0.05, 0) is 61.7 Å². The number of aromatic nitrogens is 5. The van der Waals surface area contributed by atoms with Gasteiger partial charge in [-0.15, -0.1) is 0 Å². The Morgan fingerprint density at radius 2 is 1.71 bits per heavy atom. The summed E-state index contributed by atoms with van der Waals surface area (Å²) in [5.41, 5.74) is 2.22. The lowest BCUT2D eigenvalue weighted by Crippen LogP contribution is -2.31. The Balaban J connectivity index is 1.81. The van der Waals surface area contributed by atoms with Crippen molar-refractivity contribution in [3.05, 3.63) is 89.3 Å². The zero-order chi connectivity index (χ0) is 27.1. The fourth-order valence-corrected chi connectivity index (χ4v) is 6.02. The van der Waals surface area contributed by atoms with Crippen LogP contribution in [0.1, 0.15) is 42.3 Å². The number of fused-ring (bicyclic) bond motifs is 1. The number of sulfonamides is 1. The first kappa shape index (κ1) is 25.6. The highest BCUT2D eigenvalue weighted by Gasteiger charge is 2.39. The van der Waals surface area contributed by atoms with Gasteiger partial charge >= 0.3 is 0 Å². The lowest BCUT2D eigenvalue weighted by molar-refractivity contribution is 0.117. The summed E-state index contributed by atoms with van der Waals surface area (Å²) in [6.45, 7) is 7.29. The monoisotopic (exact) mass is 532 g/mol. The van der Waals surface area contributed by atoms with Crippen molar-refractivity contribution in [2.75, 3.05) is 10.5 Å². The van der Waals surface area contributed by atoms with Crippen LogP contribution in [0.15, 0.2) is 65.4 Å². The normalized spacial score (nSPS) is 12.4. The fraction of sp³-hybridized carbons (Fsp3) is 0.259. The summed E-state index contributed by atoms with van der Waals surface area (Å²) >= 11 is 0. The summed E-state index contributed by atoms with van der Waals surface area (Å²) in [5.74, 6) is 0.510. The molecule has 38 heavy (non-hydrogen) atoms. The molecule has 0 amide bonds. The van der Waals surface area contributed by atoms with Crippen molar-refractivity contribution in [1.29, 1.82) is 0 Å². The highest BCUT2D eigenvalue weighted by molar-refractivity contribution is 7.92. The largest absolute Gasteiger partial charge is 0.373 e. The minimum absolute atomic E-state index is 0.0437. The summed E-state index contributed by atoms with van der Waals surface area (Å²) in [6, 6.07) is 14.1. The third kappa shape index (κ3) is 4.66. The molecule has 0 saturated heterocycles. The molecule has 1 aromatic carbocycles. The van der Waals surface area contributed by atoms with Gasteiger partial charge in [0.2, 0.25) is 16.0 Å². The molecule has 0 fully saturated rings. The molecule has 0 spiro atoms. The average molecular weight is 533 g/mol. The molecule has 4 heterocycles. The number of rotatable bonds is 8. The van der Waals surface area contributed by atoms with E-state index in [-0.39, 0.29) is 17.6 Å². The molecule has 4 aromatic heterocycles. The number of benzene rings is 1. The van der Waals surface area contributed by atoms with Crippen LogP contribution in [0.2, 0.25) is 0 Å². The highest BCUT2D eigenvalue weighted by atomic mass is 32.2.